The number of sulfone groups is 1. The van der Waals surface area contributed by atoms with Gasteiger partial charge in [0.05, 0.1) is 22.9 Å². The molecule has 1 fully saturated rings. The lowest BCUT2D eigenvalue weighted by atomic mass is 9.97. The van der Waals surface area contributed by atoms with Gasteiger partial charge in [0.15, 0.2) is 9.84 Å². The summed E-state index contributed by atoms with van der Waals surface area (Å²) in [5.41, 5.74) is 1.61. The van der Waals surface area contributed by atoms with E-state index in [1.54, 1.807) is 21.1 Å². The van der Waals surface area contributed by atoms with Gasteiger partial charge in [-0.1, -0.05) is 0 Å². The third kappa shape index (κ3) is 3.77. The number of ketones is 1. The van der Waals surface area contributed by atoms with Crippen LogP contribution in [0.2, 0.25) is 0 Å². The predicted molar refractivity (Wildman–Crippen MR) is 106 cm³/mol. The second-order valence-electron chi connectivity index (χ2n) is 7.17. The molecule has 3 rings (SSSR count). The Kier molecular flexibility index (Phi) is 5.49. The number of H-pyrrole nitrogens is 1. The number of nitrogens with zero attached hydrogens (tertiary/aromatic N) is 1. The largest absolute Gasteiger partial charge is 0.383 e. The highest BCUT2D eigenvalue weighted by molar-refractivity contribution is 7.90. The summed E-state index contributed by atoms with van der Waals surface area (Å²) < 4.78 is 30.7. The summed E-state index contributed by atoms with van der Waals surface area (Å²) in [4.78, 5) is 25.9. The van der Waals surface area contributed by atoms with E-state index >= 15 is 0 Å². The summed E-state index contributed by atoms with van der Waals surface area (Å²) in [7, 11) is -0.368. The van der Waals surface area contributed by atoms with Crippen LogP contribution in [0.25, 0.3) is 0 Å². The average Bonchev–Trinajstić information content (AvgIpc) is 3.41. The molecule has 152 valence electrons. The van der Waals surface area contributed by atoms with E-state index in [-0.39, 0.29) is 21.9 Å². The Labute approximate surface area is 163 Å². The lowest BCUT2D eigenvalue weighted by Crippen LogP contribution is -2.21. The third-order valence-corrected chi connectivity index (χ3v) is 6.11. The molecule has 28 heavy (non-hydrogen) atoms. The van der Waals surface area contributed by atoms with Gasteiger partial charge in [-0.2, -0.15) is 0 Å². The van der Waals surface area contributed by atoms with Gasteiger partial charge in [0.2, 0.25) is 5.78 Å². The van der Waals surface area contributed by atoms with Crippen molar-refractivity contribution < 1.29 is 17.9 Å². The number of nitrogens with one attached hydrogen (secondary N) is 2. The molecule has 0 radical (unpaired) electrons. The summed E-state index contributed by atoms with van der Waals surface area (Å²) in [5.74, 6) is -0.196. The number of aryl methyl sites for hydroxylation is 1. The molecule has 0 unspecified atom stereocenters. The molecule has 0 saturated heterocycles. The number of ether oxygens (including phenoxy) is 1. The highest BCUT2D eigenvalue weighted by Gasteiger charge is 2.33. The van der Waals surface area contributed by atoms with Crippen LogP contribution in [0, 0.1) is 6.92 Å². The molecule has 8 nitrogen and oxygen atoms in total. The molecule has 2 aromatic rings. The van der Waals surface area contributed by atoms with Gasteiger partial charge >= 0.3 is 0 Å². The van der Waals surface area contributed by atoms with Crippen LogP contribution >= 0.6 is 0 Å². The molecule has 1 aliphatic rings. The zero-order chi connectivity index (χ0) is 20.6. The molecule has 1 saturated carbocycles. The van der Waals surface area contributed by atoms with Crippen LogP contribution in [0.5, 0.6) is 0 Å². The molecule has 0 amide bonds. The van der Waals surface area contributed by atoms with Crippen molar-refractivity contribution in [2.24, 2.45) is 7.05 Å². The van der Waals surface area contributed by atoms with Gasteiger partial charge in [0, 0.05) is 38.4 Å². The van der Waals surface area contributed by atoms with Crippen molar-refractivity contribution in [3.05, 3.63) is 44.9 Å². The maximum atomic E-state index is 13.3. The molecule has 0 atom stereocenters. The molecular formula is C19H25N3O5S. The Bertz CT molecular complexity index is 1080. The summed E-state index contributed by atoms with van der Waals surface area (Å²) in [6.07, 6.45) is 3.00. The van der Waals surface area contributed by atoms with E-state index in [1.165, 1.54) is 16.8 Å². The van der Waals surface area contributed by atoms with Crippen LogP contribution in [0.15, 0.2) is 21.8 Å². The van der Waals surface area contributed by atoms with E-state index in [0.717, 1.165) is 19.1 Å². The SMILES string of the molecule is COCCNc1c(S(C)(=O)=O)ccc(C(=O)c2c(C3CC3)[nH]n(C)c2=O)c1C. The van der Waals surface area contributed by atoms with Gasteiger partial charge in [-0.25, -0.2) is 8.42 Å². The highest BCUT2D eigenvalue weighted by Crippen LogP contribution is 2.40. The van der Waals surface area contributed by atoms with Crippen molar-refractivity contribution in [2.45, 2.75) is 30.6 Å². The Hall–Kier alpha value is -2.39. The highest BCUT2D eigenvalue weighted by atomic mass is 32.2. The third-order valence-electron chi connectivity index (χ3n) is 4.97. The van der Waals surface area contributed by atoms with Crippen molar-refractivity contribution in [1.82, 2.24) is 9.78 Å². The Morgan fingerprint density at radius 2 is 2.04 bits per heavy atom. The lowest BCUT2D eigenvalue weighted by Gasteiger charge is -2.16. The maximum absolute atomic E-state index is 13.3. The topological polar surface area (TPSA) is 110 Å². The monoisotopic (exact) mass is 407 g/mol. The van der Waals surface area contributed by atoms with E-state index in [1.807, 2.05) is 0 Å². The van der Waals surface area contributed by atoms with Crippen molar-refractivity contribution in [2.75, 3.05) is 31.8 Å². The fourth-order valence-corrected chi connectivity index (χ4v) is 4.24. The van der Waals surface area contributed by atoms with Crippen LogP contribution in [-0.4, -0.2) is 50.5 Å². The minimum atomic E-state index is -3.50. The Morgan fingerprint density at radius 3 is 2.61 bits per heavy atom. The van der Waals surface area contributed by atoms with Crippen LogP contribution in [0.3, 0.4) is 0 Å². The minimum Gasteiger partial charge on any atom is -0.383 e. The molecule has 1 aromatic heterocycles. The standard InChI is InChI=1S/C19H25N3O5S/c1-11-13(7-8-14(28(4,25)26)16(11)20-9-10-27-3)18(23)15-17(12-5-6-12)21-22(2)19(15)24/h7-8,12,20-21H,5-6,9-10H2,1-4H3. The number of methoxy groups -OCH3 is 1. The first-order valence-electron chi connectivity index (χ1n) is 9.06. The number of aromatic amines is 1. The summed E-state index contributed by atoms with van der Waals surface area (Å²) in [5, 5.41) is 6.05. The van der Waals surface area contributed by atoms with Crippen molar-refractivity contribution in [3.8, 4) is 0 Å². The molecule has 1 heterocycles. The molecule has 0 spiro atoms. The maximum Gasteiger partial charge on any atom is 0.277 e. The van der Waals surface area contributed by atoms with Gasteiger partial charge in [0.25, 0.3) is 5.56 Å². The second kappa shape index (κ2) is 7.56. The van der Waals surface area contributed by atoms with Crippen LogP contribution in [0.1, 0.15) is 45.9 Å². The second-order valence-corrected chi connectivity index (χ2v) is 9.16. The average molecular weight is 407 g/mol. The zero-order valence-electron chi connectivity index (χ0n) is 16.5. The molecule has 0 aliphatic heterocycles. The Balaban J connectivity index is 2.11. The lowest BCUT2D eigenvalue weighted by molar-refractivity contribution is 0.103. The summed E-state index contributed by atoms with van der Waals surface area (Å²) in [6.45, 7) is 2.45. The first-order chi connectivity index (χ1) is 13.2. The van der Waals surface area contributed by atoms with Gasteiger partial charge in [-0.3, -0.25) is 19.4 Å². The van der Waals surface area contributed by atoms with E-state index in [0.29, 0.717) is 35.7 Å². The van der Waals surface area contributed by atoms with Gasteiger partial charge in [-0.15, -0.1) is 0 Å². The number of hydrogen-bond donors (Lipinski definition) is 2. The molecular weight excluding hydrogens is 382 g/mol. The fourth-order valence-electron chi connectivity index (χ4n) is 3.33. The van der Waals surface area contributed by atoms with Gasteiger partial charge in [0.1, 0.15) is 5.56 Å². The normalized spacial score (nSPS) is 14.3. The Morgan fingerprint density at radius 1 is 1.36 bits per heavy atom. The summed E-state index contributed by atoms with van der Waals surface area (Å²) >= 11 is 0. The van der Waals surface area contributed by atoms with Crippen LogP contribution in [-0.2, 0) is 21.6 Å². The first-order valence-corrected chi connectivity index (χ1v) is 11.0. The van der Waals surface area contributed by atoms with E-state index < -0.39 is 15.6 Å². The number of carbonyl (C=O) groups is 1. The van der Waals surface area contributed by atoms with Gasteiger partial charge < -0.3 is 10.1 Å². The predicted octanol–water partition coefficient (Wildman–Crippen LogP) is 1.59. The number of aromatic nitrogens is 2. The van der Waals surface area contributed by atoms with Crippen molar-refractivity contribution in [3.63, 3.8) is 0 Å². The van der Waals surface area contributed by atoms with Gasteiger partial charge in [-0.05, 0) is 37.5 Å². The van der Waals surface area contributed by atoms with E-state index in [2.05, 4.69) is 10.4 Å². The van der Waals surface area contributed by atoms with Crippen LogP contribution < -0.4 is 10.9 Å². The van der Waals surface area contributed by atoms with Crippen molar-refractivity contribution >= 4 is 21.3 Å². The number of benzene rings is 1. The quantitative estimate of drug-likeness (QED) is 0.508. The fraction of sp³-hybridized carbons (Fsp3) is 0.474. The first kappa shape index (κ1) is 20.3. The van der Waals surface area contributed by atoms with E-state index in [4.69, 9.17) is 4.74 Å². The molecule has 9 heteroatoms. The minimum absolute atomic E-state index is 0.113. The number of carbonyl (C=O) groups excluding carboxylic acids is 1. The molecule has 0 bridgehead atoms. The summed E-state index contributed by atoms with van der Waals surface area (Å²) in [6, 6.07) is 2.90. The van der Waals surface area contributed by atoms with E-state index in [9.17, 15) is 18.0 Å². The number of hydrogen-bond acceptors (Lipinski definition) is 6. The van der Waals surface area contributed by atoms with Crippen molar-refractivity contribution in [1.29, 1.82) is 0 Å². The number of rotatable bonds is 8. The smallest absolute Gasteiger partial charge is 0.277 e. The number of anilines is 1. The molecule has 1 aromatic carbocycles. The van der Waals surface area contributed by atoms with Crippen LogP contribution in [0.4, 0.5) is 5.69 Å². The molecule has 1 aliphatic carbocycles. The molecule has 2 N–H and O–H groups in total. The zero-order valence-corrected chi connectivity index (χ0v) is 17.3.